The van der Waals surface area contributed by atoms with Gasteiger partial charge in [-0.15, -0.1) is 0 Å². The quantitative estimate of drug-likeness (QED) is 0.882. The summed E-state index contributed by atoms with van der Waals surface area (Å²) in [7, 11) is 0. The standard InChI is InChI=1S/C16H17F3N2O/c17-16(18,19)10-5-6-11-12(7-8-20-14(11)9-10)21-13-3-1-2-4-15(13)22/h5-9,13,15,22H,1-4H2,(H,20,21)/t13-,15-/m0/s1. The number of aliphatic hydroxyl groups excluding tert-OH is 1. The first-order chi connectivity index (χ1) is 10.4. The van der Waals surface area contributed by atoms with Crippen molar-refractivity contribution in [3.05, 3.63) is 36.0 Å². The molecule has 1 aliphatic rings. The molecule has 118 valence electrons. The average Bonchev–Trinajstić information content (AvgIpc) is 2.48. The van der Waals surface area contributed by atoms with Crippen molar-refractivity contribution >= 4 is 16.6 Å². The topological polar surface area (TPSA) is 45.1 Å². The lowest BCUT2D eigenvalue weighted by molar-refractivity contribution is -0.137. The zero-order valence-corrected chi connectivity index (χ0v) is 11.9. The number of fused-ring (bicyclic) bond motifs is 1. The molecule has 0 radical (unpaired) electrons. The van der Waals surface area contributed by atoms with Crippen molar-refractivity contribution in [2.75, 3.05) is 5.32 Å². The second-order valence-corrected chi connectivity index (χ2v) is 5.69. The molecule has 1 aromatic carbocycles. The minimum atomic E-state index is -4.38. The van der Waals surface area contributed by atoms with Crippen molar-refractivity contribution < 1.29 is 18.3 Å². The van der Waals surface area contributed by atoms with Crippen molar-refractivity contribution in [3.8, 4) is 0 Å². The number of pyridine rings is 1. The SMILES string of the molecule is O[C@H]1CCCC[C@@H]1Nc1ccnc2cc(C(F)(F)F)ccc12. The molecule has 1 saturated carbocycles. The molecule has 0 bridgehead atoms. The maximum Gasteiger partial charge on any atom is 0.416 e. The normalized spacial score (nSPS) is 22.7. The molecule has 1 aromatic heterocycles. The number of anilines is 1. The Morgan fingerprint density at radius 3 is 2.64 bits per heavy atom. The van der Waals surface area contributed by atoms with Crippen LogP contribution in [-0.4, -0.2) is 22.2 Å². The third kappa shape index (κ3) is 3.02. The van der Waals surface area contributed by atoms with E-state index in [0.717, 1.165) is 37.8 Å². The van der Waals surface area contributed by atoms with Gasteiger partial charge in [0.15, 0.2) is 0 Å². The van der Waals surface area contributed by atoms with E-state index < -0.39 is 17.8 Å². The fourth-order valence-corrected chi connectivity index (χ4v) is 2.93. The van der Waals surface area contributed by atoms with Crippen LogP contribution in [0.2, 0.25) is 0 Å². The molecule has 3 rings (SSSR count). The predicted octanol–water partition coefficient (Wildman–Crippen LogP) is 3.97. The van der Waals surface area contributed by atoms with Gasteiger partial charge in [-0.3, -0.25) is 4.98 Å². The first-order valence-electron chi connectivity index (χ1n) is 7.36. The number of nitrogens with zero attached hydrogens (tertiary/aromatic N) is 1. The Bertz CT molecular complexity index is 672. The Balaban J connectivity index is 1.93. The van der Waals surface area contributed by atoms with Crippen molar-refractivity contribution in [2.24, 2.45) is 0 Å². The van der Waals surface area contributed by atoms with Crippen LogP contribution in [0.4, 0.5) is 18.9 Å². The largest absolute Gasteiger partial charge is 0.416 e. The van der Waals surface area contributed by atoms with E-state index >= 15 is 0 Å². The van der Waals surface area contributed by atoms with Crippen LogP contribution in [0.1, 0.15) is 31.2 Å². The number of hydrogen-bond acceptors (Lipinski definition) is 3. The van der Waals surface area contributed by atoms with Gasteiger partial charge in [-0.25, -0.2) is 0 Å². The fourth-order valence-electron chi connectivity index (χ4n) is 2.93. The number of halogens is 3. The smallest absolute Gasteiger partial charge is 0.391 e. The minimum Gasteiger partial charge on any atom is -0.391 e. The van der Waals surface area contributed by atoms with Gasteiger partial charge >= 0.3 is 6.18 Å². The predicted molar refractivity (Wildman–Crippen MR) is 78.6 cm³/mol. The van der Waals surface area contributed by atoms with Gasteiger partial charge in [-0.05, 0) is 31.0 Å². The highest BCUT2D eigenvalue weighted by Gasteiger charge is 2.31. The summed E-state index contributed by atoms with van der Waals surface area (Å²) in [5.41, 5.74) is 0.303. The molecule has 0 spiro atoms. The number of alkyl halides is 3. The van der Waals surface area contributed by atoms with E-state index in [2.05, 4.69) is 10.3 Å². The fraction of sp³-hybridized carbons (Fsp3) is 0.438. The lowest BCUT2D eigenvalue weighted by Crippen LogP contribution is -2.36. The molecule has 0 saturated heterocycles. The van der Waals surface area contributed by atoms with Gasteiger partial charge < -0.3 is 10.4 Å². The third-order valence-corrected chi connectivity index (χ3v) is 4.14. The Kier molecular flexibility index (Phi) is 3.95. The van der Waals surface area contributed by atoms with Gasteiger partial charge in [-0.1, -0.05) is 18.9 Å². The maximum atomic E-state index is 12.8. The molecular weight excluding hydrogens is 293 g/mol. The maximum absolute atomic E-state index is 12.8. The lowest BCUT2D eigenvalue weighted by Gasteiger charge is -2.29. The summed E-state index contributed by atoms with van der Waals surface area (Å²) < 4.78 is 38.3. The molecule has 2 N–H and O–H groups in total. The number of hydrogen-bond donors (Lipinski definition) is 2. The minimum absolute atomic E-state index is 0.0679. The summed E-state index contributed by atoms with van der Waals surface area (Å²) in [6.07, 6.45) is 0.330. The van der Waals surface area contributed by atoms with Gasteiger partial charge in [0.2, 0.25) is 0 Å². The highest BCUT2D eigenvalue weighted by atomic mass is 19.4. The number of aromatic nitrogens is 1. The first-order valence-corrected chi connectivity index (χ1v) is 7.36. The Morgan fingerprint density at radius 1 is 1.14 bits per heavy atom. The van der Waals surface area contributed by atoms with Crippen LogP contribution in [0, 0.1) is 0 Å². The molecule has 0 unspecified atom stereocenters. The summed E-state index contributed by atoms with van der Waals surface area (Å²) in [4.78, 5) is 4.03. The van der Waals surface area contributed by atoms with E-state index in [4.69, 9.17) is 0 Å². The van der Waals surface area contributed by atoms with Gasteiger partial charge in [0.05, 0.1) is 23.2 Å². The van der Waals surface area contributed by atoms with E-state index in [1.165, 1.54) is 12.3 Å². The van der Waals surface area contributed by atoms with E-state index in [-0.39, 0.29) is 6.04 Å². The summed E-state index contributed by atoms with van der Waals surface area (Å²) in [5, 5.41) is 13.9. The van der Waals surface area contributed by atoms with Crippen LogP contribution < -0.4 is 5.32 Å². The van der Waals surface area contributed by atoms with E-state index in [0.29, 0.717) is 16.6 Å². The number of aliphatic hydroxyl groups is 1. The number of rotatable bonds is 2. The van der Waals surface area contributed by atoms with Gasteiger partial charge in [0.25, 0.3) is 0 Å². The second-order valence-electron chi connectivity index (χ2n) is 5.69. The van der Waals surface area contributed by atoms with Crippen molar-refractivity contribution in [2.45, 2.75) is 44.0 Å². The Morgan fingerprint density at radius 2 is 1.91 bits per heavy atom. The molecule has 2 atom stereocenters. The monoisotopic (exact) mass is 310 g/mol. The number of nitrogens with one attached hydrogen (secondary N) is 1. The van der Waals surface area contributed by atoms with Crippen LogP contribution >= 0.6 is 0 Å². The van der Waals surface area contributed by atoms with Crippen LogP contribution in [0.25, 0.3) is 10.9 Å². The highest BCUT2D eigenvalue weighted by molar-refractivity contribution is 5.91. The average molecular weight is 310 g/mol. The van der Waals surface area contributed by atoms with Crippen molar-refractivity contribution in [3.63, 3.8) is 0 Å². The summed E-state index contributed by atoms with van der Waals surface area (Å²) in [6.45, 7) is 0. The summed E-state index contributed by atoms with van der Waals surface area (Å²) in [5.74, 6) is 0. The zero-order valence-electron chi connectivity index (χ0n) is 11.9. The summed E-state index contributed by atoms with van der Waals surface area (Å²) in [6, 6.07) is 5.21. The molecule has 1 heterocycles. The van der Waals surface area contributed by atoms with Crippen LogP contribution in [0.5, 0.6) is 0 Å². The third-order valence-electron chi connectivity index (χ3n) is 4.14. The van der Waals surface area contributed by atoms with Crippen LogP contribution in [0.15, 0.2) is 30.5 Å². The highest BCUT2D eigenvalue weighted by Crippen LogP contribution is 2.33. The van der Waals surface area contributed by atoms with E-state index in [9.17, 15) is 18.3 Å². The van der Waals surface area contributed by atoms with Gasteiger partial charge in [-0.2, -0.15) is 13.2 Å². The lowest BCUT2D eigenvalue weighted by atomic mass is 9.92. The summed E-state index contributed by atoms with van der Waals surface area (Å²) >= 11 is 0. The molecule has 2 aromatic rings. The number of benzene rings is 1. The Labute approximate surface area is 126 Å². The van der Waals surface area contributed by atoms with Gasteiger partial charge in [0.1, 0.15) is 0 Å². The second kappa shape index (κ2) is 5.76. The molecular formula is C16H17F3N2O. The molecule has 0 aliphatic heterocycles. The van der Waals surface area contributed by atoms with E-state index in [1.54, 1.807) is 6.07 Å². The molecule has 1 aliphatic carbocycles. The van der Waals surface area contributed by atoms with Gasteiger partial charge in [0, 0.05) is 17.3 Å². The van der Waals surface area contributed by atoms with E-state index in [1.807, 2.05) is 0 Å². The van der Waals surface area contributed by atoms with Crippen molar-refractivity contribution in [1.29, 1.82) is 0 Å². The molecule has 6 heteroatoms. The first kappa shape index (κ1) is 15.1. The van der Waals surface area contributed by atoms with Crippen LogP contribution in [-0.2, 0) is 6.18 Å². The molecule has 0 amide bonds. The molecule has 22 heavy (non-hydrogen) atoms. The Hall–Kier alpha value is -1.82. The molecule has 1 fully saturated rings. The van der Waals surface area contributed by atoms with Crippen LogP contribution in [0.3, 0.4) is 0 Å². The zero-order chi connectivity index (χ0) is 15.7. The van der Waals surface area contributed by atoms with Crippen molar-refractivity contribution in [1.82, 2.24) is 4.98 Å². The molecule has 3 nitrogen and oxygen atoms in total.